The summed E-state index contributed by atoms with van der Waals surface area (Å²) in [5.41, 5.74) is 0. The SMILES string of the molecule is CC/C=C\C/C=C\C/C=C\C/C=C\C/C=C\CCCCCCCCCCCCCCCCCCCCCCCCCCCC(=O)NC(COC1OC(CO)C(OC2OC(CO)C(OC3OC(CO)C(O)C(O)C3O)C(O)C2O)C(O)C1O)C(O)/C=C/CCCCCCCC. The average Bonchev–Trinajstić information content (AvgIpc) is 0.834. The third kappa shape index (κ3) is 36.9. The Bertz CT molecular complexity index is 1980. The number of carbonyl (C=O) groups excluding carboxylic acids is 1. The van der Waals surface area contributed by atoms with Crippen LogP contribution in [0.3, 0.4) is 0 Å². The van der Waals surface area contributed by atoms with Gasteiger partial charge in [0.25, 0.3) is 0 Å². The zero-order valence-electron chi connectivity index (χ0n) is 57.9. The molecule has 1 amide bonds. The van der Waals surface area contributed by atoms with E-state index in [-0.39, 0.29) is 18.9 Å². The van der Waals surface area contributed by atoms with Gasteiger partial charge in [0.05, 0.1) is 38.6 Å². The number of allylic oxidation sites excluding steroid dienone is 11. The van der Waals surface area contributed by atoms with E-state index in [0.717, 1.165) is 83.5 Å². The predicted molar refractivity (Wildman–Crippen MR) is 369 cm³/mol. The molecule has 0 aromatic rings. The maximum absolute atomic E-state index is 13.3. The fourth-order valence-electron chi connectivity index (χ4n) is 12.3. The second-order valence-corrected chi connectivity index (χ2v) is 26.4. The van der Waals surface area contributed by atoms with Crippen molar-refractivity contribution < 1.29 is 89.4 Å². The lowest BCUT2D eigenvalue weighted by Gasteiger charge is -2.48. The number of rotatable bonds is 57. The molecule has 0 saturated carbocycles. The summed E-state index contributed by atoms with van der Waals surface area (Å²) in [5.74, 6) is -0.277. The van der Waals surface area contributed by atoms with E-state index in [2.05, 4.69) is 79.9 Å². The molecule has 17 atom stereocenters. The molecule has 546 valence electrons. The first kappa shape index (κ1) is 85.5. The van der Waals surface area contributed by atoms with Crippen LogP contribution >= 0.6 is 0 Å². The highest BCUT2D eigenvalue weighted by atomic mass is 16.8. The van der Waals surface area contributed by atoms with Gasteiger partial charge in [-0.15, -0.1) is 0 Å². The summed E-state index contributed by atoms with van der Waals surface area (Å²) >= 11 is 0. The molecule has 3 fully saturated rings. The van der Waals surface area contributed by atoms with E-state index in [4.69, 9.17) is 28.4 Å². The van der Waals surface area contributed by atoms with Gasteiger partial charge in [0.15, 0.2) is 18.9 Å². The highest BCUT2D eigenvalue weighted by Gasteiger charge is 2.53. The second-order valence-electron chi connectivity index (χ2n) is 26.4. The van der Waals surface area contributed by atoms with Crippen LogP contribution in [0.25, 0.3) is 0 Å². The normalized spacial score (nSPS) is 27.8. The van der Waals surface area contributed by atoms with Crippen molar-refractivity contribution in [2.75, 3.05) is 26.4 Å². The molecule has 3 saturated heterocycles. The summed E-state index contributed by atoms with van der Waals surface area (Å²) in [6.07, 6.45) is 45.3. The van der Waals surface area contributed by atoms with Gasteiger partial charge in [0.2, 0.25) is 5.91 Å². The first-order valence-electron chi connectivity index (χ1n) is 37.2. The summed E-state index contributed by atoms with van der Waals surface area (Å²) in [6.45, 7) is 1.56. The van der Waals surface area contributed by atoms with Crippen molar-refractivity contribution in [2.24, 2.45) is 0 Å². The minimum atomic E-state index is -1.98. The number of aliphatic hydroxyl groups is 11. The van der Waals surface area contributed by atoms with Gasteiger partial charge < -0.3 is 89.9 Å². The minimum absolute atomic E-state index is 0.244. The second kappa shape index (κ2) is 56.0. The van der Waals surface area contributed by atoms with E-state index in [1.807, 2.05) is 6.08 Å². The van der Waals surface area contributed by atoms with Crippen molar-refractivity contribution in [1.29, 1.82) is 0 Å². The van der Waals surface area contributed by atoms with Crippen molar-refractivity contribution in [3.63, 3.8) is 0 Å². The van der Waals surface area contributed by atoms with Gasteiger partial charge in [0, 0.05) is 6.42 Å². The molecule has 3 heterocycles. The first-order valence-corrected chi connectivity index (χ1v) is 37.2. The third-order valence-corrected chi connectivity index (χ3v) is 18.3. The Kier molecular flexibility index (Phi) is 50.9. The standard InChI is InChI=1S/C75H133NO18/c1-3-5-7-9-11-13-14-15-16-17-18-19-20-21-22-23-24-25-26-27-28-29-30-31-32-33-34-35-36-37-38-39-40-41-42-43-44-45-47-49-51-53-63(81)76-58(59(80)52-50-48-46-12-10-8-6-4-2)57-89-73-69(87)66(84)71(61(55-78)91-73)94-75-70(88)67(85)72(62(56-79)92-75)93-74-68(86)65(83)64(82)60(54-77)90-74/h5,7,11,13,15-16,18-19,21-22,50,52,58-62,64-75,77-80,82-88H,3-4,6,8-10,12,14,17,20,23-49,51,53-57H2,1-2H3,(H,76,81)/b7-5-,13-11-,16-15-,19-18-,22-21-,52-50+. The van der Waals surface area contributed by atoms with Crippen molar-refractivity contribution in [3.8, 4) is 0 Å². The number of hydrogen-bond acceptors (Lipinski definition) is 18. The Balaban J connectivity index is 1.23. The number of aliphatic hydroxyl groups excluding tert-OH is 11. The summed E-state index contributed by atoms with van der Waals surface area (Å²) in [6, 6.07) is -0.970. The molecule has 17 unspecified atom stereocenters. The molecule has 0 radical (unpaired) electrons. The van der Waals surface area contributed by atoms with Crippen molar-refractivity contribution in [1.82, 2.24) is 5.32 Å². The van der Waals surface area contributed by atoms with Gasteiger partial charge in [-0.05, 0) is 64.2 Å². The van der Waals surface area contributed by atoms with Crippen molar-refractivity contribution in [2.45, 2.75) is 369 Å². The van der Waals surface area contributed by atoms with E-state index in [1.165, 1.54) is 154 Å². The number of hydrogen-bond donors (Lipinski definition) is 12. The van der Waals surface area contributed by atoms with Gasteiger partial charge in [-0.2, -0.15) is 0 Å². The van der Waals surface area contributed by atoms with Crippen LogP contribution in [0.1, 0.15) is 264 Å². The number of unbranched alkanes of at least 4 members (excludes halogenated alkanes) is 31. The molecule has 94 heavy (non-hydrogen) atoms. The fourth-order valence-corrected chi connectivity index (χ4v) is 12.3. The number of nitrogens with one attached hydrogen (secondary N) is 1. The molecule has 12 N–H and O–H groups in total. The van der Waals surface area contributed by atoms with Crippen LogP contribution in [0.5, 0.6) is 0 Å². The summed E-state index contributed by atoms with van der Waals surface area (Å²) in [5, 5.41) is 120. The smallest absolute Gasteiger partial charge is 0.220 e. The van der Waals surface area contributed by atoms with Gasteiger partial charge >= 0.3 is 0 Å². The third-order valence-electron chi connectivity index (χ3n) is 18.3. The Morgan fingerprint density at radius 3 is 1.15 bits per heavy atom. The molecule has 0 aliphatic carbocycles. The monoisotopic (exact) mass is 1340 g/mol. The lowest BCUT2D eigenvalue weighted by Crippen LogP contribution is -2.66. The average molecular weight is 1340 g/mol. The molecule has 0 bridgehead atoms. The highest BCUT2D eigenvalue weighted by Crippen LogP contribution is 2.33. The van der Waals surface area contributed by atoms with E-state index in [0.29, 0.717) is 6.42 Å². The van der Waals surface area contributed by atoms with E-state index in [9.17, 15) is 61.0 Å². The van der Waals surface area contributed by atoms with E-state index in [1.54, 1.807) is 6.08 Å². The van der Waals surface area contributed by atoms with Crippen LogP contribution in [0.4, 0.5) is 0 Å². The van der Waals surface area contributed by atoms with Crippen LogP contribution in [0.15, 0.2) is 72.9 Å². The Hall–Kier alpha value is -2.77. The summed E-state index contributed by atoms with van der Waals surface area (Å²) < 4.78 is 34.2. The zero-order valence-corrected chi connectivity index (χ0v) is 57.9. The topological polar surface area (TPSA) is 307 Å². The Labute approximate surface area is 566 Å². The van der Waals surface area contributed by atoms with E-state index < -0.39 is 124 Å². The molecular weight excluding hydrogens is 1200 g/mol. The fraction of sp³-hybridized carbons (Fsp3) is 0.827. The minimum Gasteiger partial charge on any atom is -0.394 e. The molecule has 3 aliphatic rings. The lowest BCUT2D eigenvalue weighted by molar-refractivity contribution is -0.379. The van der Waals surface area contributed by atoms with Gasteiger partial charge in [-0.1, -0.05) is 267 Å². The maximum Gasteiger partial charge on any atom is 0.220 e. The quantitative estimate of drug-likeness (QED) is 0.0199. The van der Waals surface area contributed by atoms with Gasteiger partial charge in [0.1, 0.15) is 73.2 Å². The van der Waals surface area contributed by atoms with Crippen molar-refractivity contribution >= 4 is 5.91 Å². The summed E-state index contributed by atoms with van der Waals surface area (Å²) in [4.78, 5) is 13.3. The predicted octanol–water partition coefficient (Wildman–Crippen LogP) is 10.9. The molecule has 19 heteroatoms. The largest absolute Gasteiger partial charge is 0.394 e. The number of carbonyl (C=O) groups is 1. The molecule has 3 rings (SSSR count). The van der Waals surface area contributed by atoms with Crippen molar-refractivity contribution in [3.05, 3.63) is 72.9 Å². The lowest BCUT2D eigenvalue weighted by atomic mass is 9.96. The Morgan fingerprint density at radius 1 is 0.394 bits per heavy atom. The molecule has 0 aromatic heterocycles. The van der Waals surface area contributed by atoms with Gasteiger partial charge in [-0.25, -0.2) is 0 Å². The molecule has 3 aliphatic heterocycles. The Morgan fingerprint density at radius 2 is 0.734 bits per heavy atom. The number of amides is 1. The molecular formula is C75H133NO18. The molecule has 0 spiro atoms. The molecule has 0 aromatic carbocycles. The summed E-state index contributed by atoms with van der Waals surface area (Å²) in [7, 11) is 0. The van der Waals surface area contributed by atoms with Gasteiger partial charge in [-0.3, -0.25) is 4.79 Å². The first-order chi connectivity index (χ1) is 45.8. The van der Waals surface area contributed by atoms with Crippen LogP contribution in [-0.4, -0.2) is 193 Å². The van der Waals surface area contributed by atoms with E-state index >= 15 is 0 Å². The van der Waals surface area contributed by atoms with Crippen LogP contribution in [-0.2, 0) is 33.2 Å². The van der Waals surface area contributed by atoms with Crippen LogP contribution in [0, 0.1) is 0 Å². The van der Waals surface area contributed by atoms with Crippen LogP contribution in [0.2, 0.25) is 0 Å². The number of ether oxygens (including phenoxy) is 6. The van der Waals surface area contributed by atoms with Crippen LogP contribution < -0.4 is 5.32 Å². The maximum atomic E-state index is 13.3. The highest BCUT2D eigenvalue weighted by molar-refractivity contribution is 5.76. The zero-order chi connectivity index (χ0) is 68.2. The molecule has 19 nitrogen and oxygen atoms in total.